The van der Waals surface area contributed by atoms with Gasteiger partial charge in [-0.2, -0.15) is 0 Å². The monoisotopic (exact) mass is 428 g/mol. The number of carbonyl (C=O) groups excluding carboxylic acids is 2. The summed E-state index contributed by atoms with van der Waals surface area (Å²) in [6.07, 6.45) is 0. The zero-order valence-electron chi connectivity index (χ0n) is 15.9. The lowest BCUT2D eigenvalue weighted by Crippen LogP contribution is -2.32. The molecule has 0 saturated carbocycles. The molecule has 0 bridgehead atoms. The van der Waals surface area contributed by atoms with Gasteiger partial charge in [0.1, 0.15) is 5.82 Å². The maximum absolute atomic E-state index is 13.3. The summed E-state index contributed by atoms with van der Waals surface area (Å²) >= 11 is 2.82. The average Bonchev–Trinajstić information content (AvgIpc) is 3.22. The van der Waals surface area contributed by atoms with Crippen LogP contribution in [0.5, 0.6) is 0 Å². The van der Waals surface area contributed by atoms with Gasteiger partial charge in [-0.15, -0.1) is 23.1 Å². The summed E-state index contributed by atoms with van der Waals surface area (Å²) in [6.45, 7) is 2.40. The summed E-state index contributed by atoms with van der Waals surface area (Å²) in [5.74, 6) is -0.296. The van der Waals surface area contributed by atoms with Crippen molar-refractivity contribution >= 4 is 46.3 Å². The number of hydrogen-bond donors (Lipinski definition) is 1. The number of carbonyl (C=O) groups is 2. The highest BCUT2D eigenvalue weighted by molar-refractivity contribution is 8.00. The molecule has 4 nitrogen and oxygen atoms in total. The molecular weight excluding hydrogens is 407 g/mol. The predicted molar refractivity (Wildman–Crippen MR) is 119 cm³/mol. The number of amides is 2. The van der Waals surface area contributed by atoms with Gasteiger partial charge in [0.15, 0.2) is 0 Å². The van der Waals surface area contributed by atoms with Crippen LogP contribution in [0.3, 0.4) is 0 Å². The molecule has 1 aromatic heterocycles. The summed E-state index contributed by atoms with van der Waals surface area (Å²) < 4.78 is 13.3. The largest absolute Gasteiger partial charge is 0.325 e. The van der Waals surface area contributed by atoms with Crippen molar-refractivity contribution in [2.75, 3.05) is 21.7 Å². The second-order valence-electron chi connectivity index (χ2n) is 6.44. The second kappa shape index (κ2) is 10.2. The Morgan fingerprint density at radius 2 is 1.76 bits per heavy atom. The average molecular weight is 429 g/mol. The van der Waals surface area contributed by atoms with Crippen LogP contribution in [-0.2, 0) is 16.1 Å². The number of aryl methyl sites for hydroxylation is 1. The maximum atomic E-state index is 13.3. The third kappa shape index (κ3) is 6.44. The SMILES string of the molecule is Cc1ccc(NC(=O)CSCC(=O)N(Cc2cccs2)c2ccc(F)cc2)cc1. The van der Waals surface area contributed by atoms with Crippen molar-refractivity contribution in [1.29, 1.82) is 0 Å². The molecule has 0 saturated heterocycles. The molecule has 2 amide bonds. The summed E-state index contributed by atoms with van der Waals surface area (Å²) in [5.41, 5.74) is 2.49. The highest BCUT2D eigenvalue weighted by Gasteiger charge is 2.17. The molecule has 0 spiro atoms. The van der Waals surface area contributed by atoms with E-state index in [1.54, 1.807) is 28.4 Å². The lowest BCUT2D eigenvalue weighted by atomic mass is 10.2. The van der Waals surface area contributed by atoms with Gasteiger partial charge in [0, 0.05) is 16.3 Å². The second-order valence-corrected chi connectivity index (χ2v) is 8.46. The Hall–Kier alpha value is -2.64. The molecule has 3 aromatic rings. The lowest BCUT2D eigenvalue weighted by molar-refractivity contribution is -0.116. The van der Waals surface area contributed by atoms with E-state index in [2.05, 4.69) is 5.32 Å². The third-order valence-corrected chi connectivity index (χ3v) is 5.91. The Morgan fingerprint density at radius 1 is 1.03 bits per heavy atom. The molecule has 0 aliphatic carbocycles. The summed E-state index contributed by atoms with van der Waals surface area (Å²) in [5, 5.41) is 4.77. The van der Waals surface area contributed by atoms with Gasteiger partial charge < -0.3 is 10.2 Å². The van der Waals surface area contributed by atoms with E-state index in [9.17, 15) is 14.0 Å². The Kier molecular flexibility index (Phi) is 7.43. The normalized spacial score (nSPS) is 10.6. The zero-order chi connectivity index (χ0) is 20.6. The fraction of sp³-hybridized carbons (Fsp3) is 0.182. The Morgan fingerprint density at radius 3 is 2.41 bits per heavy atom. The van der Waals surface area contributed by atoms with Crippen molar-refractivity contribution in [3.05, 3.63) is 82.3 Å². The summed E-state index contributed by atoms with van der Waals surface area (Å²) in [7, 11) is 0. The molecule has 1 heterocycles. The fourth-order valence-electron chi connectivity index (χ4n) is 2.65. The van der Waals surface area contributed by atoms with Crippen LogP contribution in [0.2, 0.25) is 0 Å². The number of anilines is 2. The molecule has 7 heteroatoms. The van der Waals surface area contributed by atoms with Crippen molar-refractivity contribution in [1.82, 2.24) is 0 Å². The van der Waals surface area contributed by atoms with Crippen LogP contribution in [0.1, 0.15) is 10.4 Å². The lowest BCUT2D eigenvalue weighted by Gasteiger charge is -2.22. The molecular formula is C22H21FN2O2S2. The minimum atomic E-state index is -0.348. The quantitative estimate of drug-likeness (QED) is 0.543. The van der Waals surface area contributed by atoms with Crippen LogP contribution in [0.15, 0.2) is 66.0 Å². The molecule has 0 atom stereocenters. The number of rotatable bonds is 8. The van der Waals surface area contributed by atoms with Crippen molar-refractivity contribution in [3.63, 3.8) is 0 Å². The van der Waals surface area contributed by atoms with Crippen molar-refractivity contribution in [2.45, 2.75) is 13.5 Å². The minimum Gasteiger partial charge on any atom is -0.325 e. The number of halogens is 1. The molecule has 29 heavy (non-hydrogen) atoms. The smallest absolute Gasteiger partial charge is 0.237 e. The molecule has 0 fully saturated rings. The van der Waals surface area contributed by atoms with Gasteiger partial charge in [0.2, 0.25) is 11.8 Å². The maximum Gasteiger partial charge on any atom is 0.237 e. The molecule has 1 N–H and O–H groups in total. The number of nitrogens with one attached hydrogen (secondary N) is 1. The first-order valence-corrected chi connectivity index (χ1v) is 11.1. The fourth-order valence-corrected chi connectivity index (χ4v) is 4.03. The van der Waals surface area contributed by atoms with Crippen molar-refractivity contribution < 1.29 is 14.0 Å². The van der Waals surface area contributed by atoms with E-state index in [-0.39, 0.29) is 29.1 Å². The molecule has 150 valence electrons. The van der Waals surface area contributed by atoms with Crippen molar-refractivity contribution in [2.24, 2.45) is 0 Å². The van der Waals surface area contributed by atoms with Gasteiger partial charge in [-0.3, -0.25) is 9.59 Å². The topological polar surface area (TPSA) is 49.4 Å². The van der Waals surface area contributed by atoms with Gasteiger partial charge in [0.05, 0.1) is 18.1 Å². The van der Waals surface area contributed by atoms with Crippen LogP contribution in [0.4, 0.5) is 15.8 Å². The van der Waals surface area contributed by atoms with Gasteiger partial charge in [0.25, 0.3) is 0 Å². The first-order chi connectivity index (χ1) is 14.0. The first-order valence-electron chi connectivity index (χ1n) is 9.04. The molecule has 2 aromatic carbocycles. The van der Waals surface area contributed by atoms with E-state index in [1.807, 2.05) is 48.7 Å². The Labute approximate surface area is 177 Å². The molecule has 3 rings (SSSR count). The highest BCUT2D eigenvalue weighted by atomic mass is 32.2. The molecule has 0 unspecified atom stereocenters. The Balaban J connectivity index is 1.57. The molecule has 0 aliphatic rings. The van der Waals surface area contributed by atoms with E-state index in [4.69, 9.17) is 0 Å². The standard InChI is InChI=1S/C22H21FN2O2S2/c1-16-4-8-18(9-5-16)24-21(26)14-28-15-22(27)25(13-20-3-2-12-29-20)19-10-6-17(23)7-11-19/h2-12H,13-15H2,1H3,(H,24,26). The zero-order valence-corrected chi connectivity index (χ0v) is 17.6. The van der Waals surface area contributed by atoms with Crippen LogP contribution in [0, 0.1) is 12.7 Å². The van der Waals surface area contributed by atoms with Gasteiger partial charge in [-0.1, -0.05) is 23.8 Å². The molecule has 0 aliphatic heterocycles. The molecule has 0 radical (unpaired) electrons. The van der Waals surface area contributed by atoms with E-state index in [0.717, 1.165) is 16.1 Å². The first kappa shape index (κ1) is 21.1. The Bertz CT molecular complexity index is 942. The summed E-state index contributed by atoms with van der Waals surface area (Å²) in [4.78, 5) is 27.6. The van der Waals surface area contributed by atoms with Gasteiger partial charge >= 0.3 is 0 Å². The van der Waals surface area contributed by atoms with Gasteiger partial charge in [-0.05, 0) is 54.8 Å². The van der Waals surface area contributed by atoms with Crippen LogP contribution in [-0.4, -0.2) is 23.3 Å². The van der Waals surface area contributed by atoms with Crippen LogP contribution < -0.4 is 10.2 Å². The predicted octanol–water partition coefficient (Wildman–Crippen LogP) is 5.10. The van der Waals surface area contributed by atoms with Gasteiger partial charge in [-0.25, -0.2) is 4.39 Å². The summed E-state index contributed by atoms with van der Waals surface area (Å²) in [6, 6.07) is 17.3. The minimum absolute atomic E-state index is 0.127. The number of thiophene rings is 1. The number of hydrogen-bond acceptors (Lipinski definition) is 4. The van der Waals surface area contributed by atoms with E-state index >= 15 is 0 Å². The van der Waals surface area contributed by atoms with Crippen molar-refractivity contribution in [3.8, 4) is 0 Å². The third-order valence-electron chi connectivity index (χ3n) is 4.13. The number of thioether (sulfide) groups is 1. The van der Waals surface area contributed by atoms with E-state index < -0.39 is 0 Å². The number of benzene rings is 2. The van der Waals surface area contributed by atoms with E-state index in [1.165, 1.54) is 23.9 Å². The van der Waals surface area contributed by atoms with Crippen LogP contribution in [0.25, 0.3) is 0 Å². The highest BCUT2D eigenvalue weighted by Crippen LogP contribution is 2.21. The van der Waals surface area contributed by atoms with E-state index in [0.29, 0.717) is 12.2 Å². The van der Waals surface area contributed by atoms with Crippen LogP contribution >= 0.6 is 23.1 Å². The number of nitrogens with zero attached hydrogens (tertiary/aromatic N) is 1.